The van der Waals surface area contributed by atoms with E-state index in [-0.39, 0.29) is 0 Å². The summed E-state index contributed by atoms with van der Waals surface area (Å²) in [4.78, 5) is 8.89. The van der Waals surface area contributed by atoms with Gasteiger partial charge < -0.3 is 10.1 Å². The summed E-state index contributed by atoms with van der Waals surface area (Å²) in [6.45, 7) is 5.77. The molecule has 2 heterocycles. The number of nitrogens with one attached hydrogen (secondary N) is 1. The van der Waals surface area contributed by atoms with Crippen LogP contribution >= 0.6 is 0 Å². The van der Waals surface area contributed by atoms with Crippen LogP contribution in [0.25, 0.3) is 11.0 Å². The van der Waals surface area contributed by atoms with E-state index in [0.29, 0.717) is 6.54 Å². The number of unbranched alkanes of at least 4 members (excludes halogenated alkanes) is 3. The van der Waals surface area contributed by atoms with Crippen LogP contribution in [-0.4, -0.2) is 16.6 Å². The highest BCUT2D eigenvalue weighted by Gasteiger charge is 2.06. The number of benzene rings is 1. The molecule has 1 N–H and O–H groups in total. The van der Waals surface area contributed by atoms with Crippen LogP contribution in [0.15, 0.2) is 48.7 Å². The van der Waals surface area contributed by atoms with Crippen LogP contribution in [0.1, 0.15) is 43.7 Å². The zero-order chi connectivity index (χ0) is 18.2. The molecular formula is C22H27N3O. The highest BCUT2D eigenvalue weighted by atomic mass is 16.5. The minimum Gasteiger partial charge on any atom is -0.493 e. The van der Waals surface area contributed by atoms with Crippen molar-refractivity contribution in [1.82, 2.24) is 9.97 Å². The van der Waals surface area contributed by atoms with Crippen molar-refractivity contribution >= 4 is 16.9 Å². The van der Waals surface area contributed by atoms with Gasteiger partial charge in [0, 0.05) is 23.7 Å². The Kier molecular flexibility index (Phi) is 6.42. The van der Waals surface area contributed by atoms with Gasteiger partial charge in [0.2, 0.25) is 0 Å². The molecule has 0 saturated carbocycles. The van der Waals surface area contributed by atoms with E-state index in [1.54, 1.807) is 6.20 Å². The van der Waals surface area contributed by atoms with Crippen LogP contribution in [-0.2, 0) is 6.54 Å². The number of hydrogen-bond acceptors (Lipinski definition) is 4. The van der Waals surface area contributed by atoms with Gasteiger partial charge in [0.25, 0.3) is 0 Å². The van der Waals surface area contributed by atoms with Gasteiger partial charge in [-0.15, -0.1) is 0 Å². The molecule has 0 unspecified atom stereocenters. The number of aryl methyl sites for hydroxylation is 1. The highest BCUT2D eigenvalue weighted by Crippen LogP contribution is 2.22. The Bertz CT molecular complexity index is 848. The lowest BCUT2D eigenvalue weighted by Crippen LogP contribution is -2.06. The second-order valence-corrected chi connectivity index (χ2v) is 6.62. The molecule has 2 aromatic heterocycles. The molecule has 0 saturated heterocycles. The zero-order valence-corrected chi connectivity index (χ0v) is 15.7. The van der Waals surface area contributed by atoms with Gasteiger partial charge in [-0.25, -0.2) is 9.97 Å². The van der Waals surface area contributed by atoms with E-state index in [9.17, 15) is 0 Å². The molecule has 0 aliphatic carbocycles. The van der Waals surface area contributed by atoms with Crippen molar-refractivity contribution in [3.8, 4) is 5.75 Å². The van der Waals surface area contributed by atoms with Gasteiger partial charge in [0.05, 0.1) is 6.61 Å². The topological polar surface area (TPSA) is 47.0 Å². The van der Waals surface area contributed by atoms with Crippen molar-refractivity contribution in [3.63, 3.8) is 0 Å². The summed E-state index contributed by atoms with van der Waals surface area (Å²) >= 11 is 0. The number of aromatic nitrogens is 2. The van der Waals surface area contributed by atoms with Crippen LogP contribution in [0.4, 0.5) is 5.82 Å². The average Bonchev–Trinajstić information content (AvgIpc) is 2.67. The quantitative estimate of drug-likeness (QED) is 0.517. The van der Waals surface area contributed by atoms with Crippen LogP contribution in [0, 0.1) is 6.92 Å². The van der Waals surface area contributed by atoms with Gasteiger partial charge in [-0.05, 0) is 49.2 Å². The summed E-state index contributed by atoms with van der Waals surface area (Å²) < 4.78 is 6.05. The lowest BCUT2D eigenvalue weighted by atomic mass is 10.1. The maximum absolute atomic E-state index is 6.05. The number of anilines is 1. The van der Waals surface area contributed by atoms with Crippen LogP contribution in [0.3, 0.4) is 0 Å². The fraction of sp³-hybridized carbons (Fsp3) is 0.364. The first-order chi connectivity index (χ1) is 12.8. The number of rotatable bonds is 9. The predicted molar refractivity (Wildman–Crippen MR) is 108 cm³/mol. The van der Waals surface area contributed by atoms with Crippen molar-refractivity contribution in [2.75, 3.05) is 11.9 Å². The molecule has 0 aliphatic rings. The SMILES string of the molecule is CCCCCCOc1cc(C)ccc1CNc1ccc2cccnc2n1. The van der Waals surface area contributed by atoms with E-state index in [1.807, 2.05) is 24.3 Å². The lowest BCUT2D eigenvalue weighted by molar-refractivity contribution is 0.302. The Morgan fingerprint density at radius 1 is 1.04 bits per heavy atom. The number of fused-ring (bicyclic) bond motifs is 1. The monoisotopic (exact) mass is 349 g/mol. The Morgan fingerprint density at radius 2 is 1.96 bits per heavy atom. The predicted octanol–water partition coefficient (Wildman–Crippen LogP) is 5.51. The van der Waals surface area contributed by atoms with Gasteiger partial charge in [-0.1, -0.05) is 38.3 Å². The molecule has 136 valence electrons. The van der Waals surface area contributed by atoms with Crippen molar-refractivity contribution in [1.29, 1.82) is 0 Å². The number of pyridine rings is 2. The largest absolute Gasteiger partial charge is 0.493 e. The molecule has 1 aromatic carbocycles. The summed E-state index contributed by atoms with van der Waals surface area (Å²) in [5.41, 5.74) is 3.12. The first-order valence-corrected chi connectivity index (χ1v) is 9.44. The van der Waals surface area contributed by atoms with E-state index >= 15 is 0 Å². The maximum atomic E-state index is 6.05. The van der Waals surface area contributed by atoms with E-state index in [1.165, 1.54) is 24.8 Å². The molecule has 0 amide bonds. The van der Waals surface area contributed by atoms with E-state index in [4.69, 9.17) is 4.74 Å². The molecule has 26 heavy (non-hydrogen) atoms. The number of nitrogens with zero attached hydrogens (tertiary/aromatic N) is 2. The van der Waals surface area contributed by atoms with Gasteiger partial charge in [-0.2, -0.15) is 0 Å². The highest BCUT2D eigenvalue weighted by molar-refractivity contribution is 5.76. The normalized spacial score (nSPS) is 10.8. The van der Waals surface area contributed by atoms with E-state index in [2.05, 4.69) is 47.3 Å². The van der Waals surface area contributed by atoms with Crippen molar-refractivity contribution < 1.29 is 4.74 Å². The Labute approximate surface area is 155 Å². The molecule has 0 radical (unpaired) electrons. The van der Waals surface area contributed by atoms with Gasteiger partial charge in [-0.3, -0.25) is 0 Å². The van der Waals surface area contributed by atoms with Crippen molar-refractivity contribution in [3.05, 3.63) is 59.8 Å². The van der Waals surface area contributed by atoms with Gasteiger partial charge in [0.1, 0.15) is 11.6 Å². The summed E-state index contributed by atoms with van der Waals surface area (Å²) in [6.07, 6.45) is 6.61. The lowest BCUT2D eigenvalue weighted by Gasteiger charge is -2.14. The first-order valence-electron chi connectivity index (χ1n) is 9.44. The molecular weight excluding hydrogens is 322 g/mol. The summed E-state index contributed by atoms with van der Waals surface area (Å²) in [6, 6.07) is 14.3. The van der Waals surface area contributed by atoms with Crippen LogP contribution in [0.2, 0.25) is 0 Å². The molecule has 3 rings (SSSR count). The summed E-state index contributed by atoms with van der Waals surface area (Å²) in [7, 11) is 0. The molecule has 4 heteroatoms. The summed E-state index contributed by atoms with van der Waals surface area (Å²) in [5, 5.41) is 4.44. The van der Waals surface area contributed by atoms with Crippen LogP contribution < -0.4 is 10.1 Å². The third-order valence-corrected chi connectivity index (χ3v) is 4.40. The number of ether oxygens (including phenoxy) is 1. The molecule has 0 fully saturated rings. The van der Waals surface area contributed by atoms with E-state index < -0.39 is 0 Å². The third-order valence-electron chi connectivity index (χ3n) is 4.40. The average molecular weight is 349 g/mol. The second-order valence-electron chi connectivity index (χ2n) is 6.62. The zero-order valence-electron chi connectivity index (χ0n) is 15.7. The van der Waals surface area contributed by atoms with Crippen molar-refractivity contribution in [2.24, 2.45) is 0 Å². The van der Waals surface area contributed by atoms with Crippen molar-refractivity contribution in [2.45, 2.75) is 46.1 Å². The Hall–Kier alpha value is -2.62. The summed E-state index contributed by atoms with van der Waals surface area (Å²) in [5.74, 6) is 1.79. The number of hydrogen-bond donors (Lipinski definition) is 1. The van der Waals surface area contributed by atoms with E-state index in [0.717, 1.165) is 41.2 Å². The Balaban J connectivity index is 1.64. The molecule has 3 aromatic rings. The molecule has 0 bridgehead atoms. The minimum absolute atomic E-state index is 0.677. The smallest absolute Gasteiger partial charge is 0.161 e. The first kappa shape index (κ1) is 18.2. The second kappa shape index (κ2) is 9.18. The Morgan fingerprint density at radius 3 is 2.85 bits per heavy atom. The standard InChI is InChI=1S/C22H27N3O/c1-3-4-5-6-14-26-20-15-17(2)9-10-19(20)16-24-21-12-11-18-8-7-13-23-22(18)25-21/h7-13,15H,3-6,14,16H2,1-2H3,(H,23,24,25). The molecule has 0 atom stereocenters. The third kappa shape index (κ3) is 4.94. The van der Waals surface area contributed by atoms with Crippen LogP contribution in [0.5, 0.6) is 5.75 Å². The fourth-order valence-corrected chi connectivity index (χ4v) is 2.89. The minimum atomic E-state index is 0.677. The fourth-order valence-electron chi connectivity index (χ4n) is 2.89. The maximum Gasteiger partial charge on any atom is 0.161 e. The molecule has 0 aliphatic heterocycles. The van der Waals surface area contributed by atoms with Gasteiger partial charge >= 0.3 is 0 Å². The van der Waals surface area contributed by atoms with Gasteiger partial charge in [0.15, 0.2) is 5.65 Å². The molecule has 4 nitrogen and oxygen atoms in total. The molecule has 0 spiro atoms.